The summed E-state index contributed by atoms with van der Waals surface area (Å²) in [5.74, 6) is 12.0. The average molecular weight is 414 g/mol. The van der Waals surface area contributed by atoms with Crippen LogP contribution in [-0.4, -0.2) is 84.3 Å². The van der Waals surface area contributed by atoms with Crippen molar-refractivity contribution in [1.29, 1.82) is 0 Å². The molecule has 10 N–H and O–H groups in total. The third-order valence-corrected chi connectivity index (χ3v) is 4.60. The van der Waals surface area contributed by atoms with Gasteiger partial charge >= 0.3 is 0 Å². The Labute approximate surface area is 142 Å². The summed E-state index contributed by atoms with van der Waals surface area (Å²) in [6.45, 7) is -1.19. The normalized spacial score (nSPS) is 26.8. The molecule has 0 saturated carbocycles. The molecule has 0 spiro atoms. The lowest BCUT2D eigenvalue weighted by Crippen LogP contribution is -2.88. The highest BCUT2D eigenvalue weighted by Crippen LogP contribution is 2.24. The van der Waals surface area contributed by atoms with Crippen LogP contribution in [0, 0.1) is 0 Å². The Kier molecular flexibility index (Phi) is 7.11. The van der Waals surface area contributed by atoms with Crippen molar-refractivity contribution < 1.29 is 34.7 Å². The van der Waals surface area contributed by atoms with E-state index in [0.717, 1.165) is 0 Å². The molecule has 0 aromatic rings. The van der Waals surface area contributed by atoms with Gasteiger partial charge in [-0.1, -0.05) is 0 Å². The summed E-state index contributed by atoms with van der Waals surface area (Å²) in [6, 6.07) is 0. The van der Waals surface area contributed by atoms with Crippen LogP contribution in [-0.2, 0) is 20.2 Å². The Morgan fingerprint density at radius 1 is 0.880 bits per heavy atom. The number of nitrogens with zero attached hydrogens (tertiary/aromatic N) is 3. The minimum absolute atomic E-state index is 0.00676. The molecule has 0 aromatic carbocycles. The van der Waals surface area contributed by atoms with E-state index in [1.807, 2.05) is 0 Å². The first kappa shape index (κ1) is 22.4. The Balaban J connectivity index is 3.07. The molecule has 0 aromatic heterocycles. The zero-order chi connectivity index (χ0) is 19.6. The largest absolute Gasteiger partial charge is 0.286 e. The lowest BCUT2D eigenvalue weighted by atomic mass is 10.4. The molecular formula is C7H20F2N8O6S2. The van der Waals surface area contributed by atoms with Gasteiger partial charge in [0.1, 0.15) is 0 Å². The molecule has 1 saturated heterocycles. The van der Waals surface area contributed by atoms with Crippen molar-refractivity contribution in [2.75, 3.05) is 24.6 Å². The summed E-state index contributed by atoms with van der Waals surface area (Å²) >= 11 is 0. The Morgan fingerprint density at radius 3 is 1.48 bits per heavy atom. The third kappa shape index (κ3) is 5.67. The molecule has 0 radical (unpaired) electrons. The molecule has 150 valence electrons. The highest BCUT2D eigenvalue weighted by atomic mass is 32.2. The van der Waals surface area contributed by atoms with Crippen molar-refractivity contribution in [2.45, 2.75) is 18.7 Å². The Bertz CT molecular complexity index is 608. The summed E-state index contributed by atoms with van der Waals surface area (Å²) < 4.78 is 88.7. The maximum atomic E-state index is 14.1. The molecule has 1 aliphatic rings. The van der Waals surface area contributed by atoms with Gasteiger partial charge in [-0.2, -0.15) is 31.9 Å². The molecule has 14 nitrogen and oxygen atoms in total. The first-order valence-corrected chi connectivity index (χ1v) is 9.73. The van der Waals surface area contributed by atoms with E-state index in [0.29, 0.717) is 0 Å². The van der Waals surface area contributed by atoms with E-state index in [4.69, 9.17) is 26.6 Å². The molecule has 0 amide bonds. The molecule has 2 unspecified atom stereocenters. The second-order valence-electron chi connectivity index (χ2n) is 4.98. The minimum atomic E-state index is -4.44. The van der Waals surface area contributed by atoms with Gasteiger partial charge in [0.15, 0.2) is 0 Å². The molecule has 1 aliphatic heterocycles. The van der Waals surface area contributed by atoms with Gasteiger partial charge in [0, 0.05) is 13.1 Å². The number of hydrazine groups is 3. The topological polar surface area (TPSA) is 221 Å². The van der Waals surface area contributed by atoms with Crippen molar-refractivity contribution >= 4 is 20.2 Å². The number of hydrogen-bond acceptors (Lipinski definition) is 12. The highest BCUT2D eigenvalue weighted by Gasteiger charge is 2.54. The summed E-state index contributed by atoms with van der Waals surface area (Å²) in [5, 5.41) is 4.98. The van der Waals surface area contributed by atoms with E-state index >= 15 is 0 Å². The summed E-state index contributed by atoms with van der Waals surface area (Å²) in [7, 11) is -8.87. The molecular weight excluding hydrogens is 394 g/mol. The molecule has 1 heterocycles. The maximum Gasteiger partial charge on any atom is 0.266 e. The van der Waals surface area contributed by atoms with E-state index in [2.05, 4.69) is 10.6 Å². The second-order valence-corrected chi connectivity index (χ2v) is 8.13. The van der Waals surface area contributed by atoms with E-state index in [1.165, 1.54) is 0 Å². The first-order chi connectivity index (χ1) is 11.2. The maximum absolute atomic E-state index is 14.1. The number of nitrogens with one attached hydrogen (secondary N) is 2. The lowest BCUT2D eigenvalue weighted by molar-refractivity contribution is -0.317. The fourth-order valence-electron chi connectivity index (χ4n) is 1.97. The van der Waals surface area contributed by atoms with Gasteiger partial charge in [-0.3, -0.25) is 37.3 Å². The van der Waals surface area contributed by atoms with Gasteiger partial charge in [-0.15, -0.1) is 0 Å². The molecule has 18 heteroatoms. The van der Waals surface area contributed by atoms with Crippen LogP contribution in [0.25, 0.3) is 0 Å². The molecule has 1 fully saturated rings. The number of hydrogen-bond donors (Lipinski definition) is 7. The van der Waals surface area contributed by atoms with Gasteiger partial charge in [0.2, 0.25) is 18.7 Å². The number of alkyl halides is 2. The van der Waals surface area contributed by atoms with E-state index in [1.54, 1.807) is 0 Å². The SMILES string of the molecule is NN1C(F)N(N)C(NCCS(=O)(=O)O)(NCCS(=O)(=O)O)N(N)C1F. The van der Waals surface area contributed by atoms with Crippen LogP contribution in [0.4, 0.5) is 8.78 Å². The van der Waals surface area contributed by atoms with Crippen LogP contribution in [0.5, 0.6) is 0 Å². The van der Waals surface area contributed by atoms with Crippen molar-refractivity contribution in [2.24, 2.45) is 17.5 Å². The molecule has 1 rings (SSSR count). The Hall–Kier alpha value is -0.640. The predicted octanol–water partition coefficient (Wildman–Crippen LogP) is -4.40. The number of nitrogens with two attached hydrogens (primary N) is 3. The number of rotatable bonds is 8. The van der Waals surface area contributed by atoms with Crippen LogP contribution >= 0.6 is 0 Å². The van der Waals surface area contributed by atoms with Crippen LogP contribution in [0.2, 0.25) is 0 Å². The molecule has 0 aliphatic carbocycles. The fourth-order valence-corrected chi connectivity index (χ4v) is 2.69. The van der Waals surface area contributed by atoms with Gasteiger partial charge in [-0.25, -0.2) is 8.78 Å². The molecule has 2 atom stereocenters. The highest BCUT2D eigenvalue weighted by molar-refractivity contribution is 7.86. The van der Waals surface area contributed by atoms with Crippen molar-refractivity contribution in [3.05, 3.63) is 0 Å². The van der Waals surface area contributed by atoms with Gasteiger partial charge in [-0.05, 0) is 0 Å². The van der Waals surface area contributed by atoms with Crippen LogP contribution in [0.3, 0.4) is 0 Å². The first-order valence-electron chi connectivity index (χ1n) is 6.51. The van der Waals surface area contributed by atoms with Gasteiger partial charge in [0.05, 0.1) is 11.5 Å². The predicted molar refractivity (Wildman–Crippen MR) is 79.4 cm³/mol. The summed E-state index contributed by atoms with van der Waals surface area (Å²) in [6.07, 6.45) is -4.93. The number of halogens is 2. The van der Waals surface area contributed by atoms with Crippen molar-refractivity contribution in [3.8, 4) is 0 Å². The Morgan fingerprint density at radius 2 is 1.20 bits per heavy atom. The second kappa shape index (κ2) is 7.94. The van der Waals surface area contributed by atoms with Crippen LogP contribution < -0.4 is 28.2 Å². The lowest BCUT2D eigenvalue weighted by Gasteiger charge is -2.54. The fraction of sp³-hybridized carbons (Fsp3) is 1.00. The van der Waals surface area contributed by atoms with Crippen molar-refractivity contribution in [3.63, 3.8) is 0 Å². The van der Waals surface area contributed by atoms with E-state index < -0.39 is 63.6 Å². The standard InChI is InChI=1S/C7H20F2N8O6S2/c8-5-15(10)6(9)17(12)7(16(5)11,13-1-3-24(18,19)20)14-2-4-25(21,22)23/h5-6,13-14H,1-4,10-12H2,(H,18,19,20)(H,21,22,23). The molecule has 0 bridgehead atoms. The minimum Gasteiger partial charge on any atom is -0.286 e. The van der Waals surface area contributed by atoms with Crippen LogP contribution in [0.1, 0.15) is 0 Å². The summed E-state index contributed by atoms with van der Waals surface area (Å²) in [5.41, 5.74) is 0. The molecule has 25 heavy (non-hydrogen) atoms. The van der Waals surface area contributed by atoms with Crippen LogP contribution in [0.15, 0.2) is 0 Å². The summed E-state index contributed by atoms with van der Waals surface area (Å²) in [4.78, 5) is 0. The smallest absolute Gasteiger partial charge is 0.266 e. The quantitative estimate of drug-likeness (QED) is 0.0862. The van der Waals surface area contributed by atoms with Gasteiger partial charge in [0.25, 0.3) is 20.2 Å². The average Bonchev–Trinajstić information content (AvgIpc) is 2.46. The zero-order valence-corrected chi connectivity index (χ0v) is 14.3. The van der Waals surface area contributed by atoms with Crippen molar-refractivity contribution in [1.82, 2.24) is 25.7 Å². The van der Waals surface area contributed by atoms with Gasteiger partial charge < -0.3 is 0 Å². The third-order valence-electron chi connectivity index (χ3n) is 3.16. The van der Waals surface area contributed by atoms with E-state index in [9.17, 15) is 25.6 Å². The van der Waals surface area contributed by atoms with E-state index in [-0.39, 0.29) is 15.0 Å². The zero-order valence-electron chi connectivity index (χ0n) is 12.7. The monoisotopic (exact) mass is 414 g/mol.